The number of ether oxygens (including phenoxy) is 1. The first-order chi connectivity index (χ1) is 11.6. The monoisotopic (exact) mass is 401 g/mol. The molecule has 1 aromatic carbocycles. The van der Waals surface area contributed by atoms with Gasteiger partial charge in [0.25, 0.3) is 10.0 Å². The minimum absolute atomic E-state index is 0.105. The molecule has 5 nitrogen and oxygen atoms in total. The molecule has 0 amide bonds. The van der Waals surface area contributed by atoms with Gasteiger partial charge in [-0.25, -0.2) is 8.42 Å². The van der Waals surface area contributed by atoms with Gasteiger partial charge in [-0.3, -0.25) is 4.79 Å². The number of likely N-dealkylation sites (N-methyl/N-ethyl adjacent to an activating group) is 1. The van der Waals surface area contributed by atoms with E-state index >= 15 is 0 Å². The number of carbonyl (C=O) groups is 1. The number of nitrogens with zero attached hydrogens (tertiary/aromatic N) is 1. The van der Waals surface area contributed by atoms with Crippen LogP contribution in [-0.4, -0.2) is 32.3 Å². The Morgan fingerprint density at radius 1 is 1.36 bits per heavy atom. The minimum atomic E-state index is -3.69. The summed E-state index contributed by atoms with van der Waals surface area (Å²) < 4.78 is 31.3. The summed E-state index contributed by atoms with van der Waals surface area (Å²) in [7, 11) is -2.34. The van der Waals surface area contributed by atoms with E-state index in [4.69, 9.17) is 16.3 Å². The van der Waals surface area contributed by atoms with E-state index in [1.165, 1.54) is 13.1 Å². The average Bonchev–Trinajstić information content (AvgIpc) is 3.05. The van der Waals surface area contributed by atoms with Gasteiger partial charge in [0, 0.05) is 12.1 Å². The Balaban J connectivity index is 2.17. The number of thiophene rings is 1. The zero-order chi connectivity index (χ0) is 18.8. The maximum Gasteiger partial charge on any atom is 0.326 e. The Kier molecular flexibility index (Phi) is 6.26. The largest absolute Gasteiger partial charge is 0.425 e. The second-order valence-corrected chi connectivity index (χ2v) is 9.59. The van der Waals surface area contributed by atoms with Crippen LogP contribution in [0.15, 0.2) is 33.9 Å². The number of halogens is 1. The van der Waals surface area contributed by atoms with Crippen molar-refractivity contribution >= 4 is 38.9 Å². The molecule has 2 aromatic rings. The lowest BCUT2D eigenvalue weighted by molar-refractivity contribution is -0.134. The van der Waals surface area contributed by atoms with Crippen molar-refractivity contribution in [2.24, 2.45) is 0 Å². The van der Waals surface area contributed by atoms with E-state index in [0.29, 0.717) is 10.8 Å². The van der Waals surface area contributed by atoms with Crippen LogP contribution in [0.2, 0.25) is 5.02 Å². The summed E-state index contributed by atoms with van der Waals surface area (Å²) >= 11 is 7.24. The summed E-state index contributed by atoms with van der Waals surface area (Å²) in [5.41, 5.74) is 1.58. The van der Waals surface area contributed by atoms with Crippen LogP contribution >= 0.6 is 22.9 Å². The molecule has 0 atom stereocenters. The van der Waals surface area contributed by atoms with Crippen molar-refractivity contribution in [1.82, 2.24) is 4.31 Å². The number of esters is 1. The molecular formula is C17H20ClNO4S2. The van der Waals surface area contributed by atoms with Crippen LogP contribution in [0.5, 0.6) is 5.75 Å². The van der Waals surface area contributed by atoms with E-state index < -0.39 is 16.0 Å². The molecular weight excluding hydrogens is 382 g/mol. The molecule has 0 unspecified atom stereocenters. The van der Waals surface area contributed by atoms with E-state index in [9.17, 15) is 13.2 Å². The Bertz CT molecular complexity index is 861. The molecule has 0 saturated heterocycles. The first kappa shape index (κ1) is 19.9. The summed E-state index contributed by atoms with van der Waals surface area (Å²) in [6, 6.07) is 6.62. The van der Waals surface area contributed by atoms with Gasteiger partial charge < -0.3 is 4.74 Å². The lowest BCUT2D eigenvalue weighted by Crippen LogP contribution is -2.34. The SMILES string of the molecule is Cc1cc(OC(=O)CN(C)S(=O)(=O)c2cccs2)c(C(C)C)cc1Cl. The van der Waals surface area contributed by atoms with Crippen LogP contribution in [0.3, 0.4) is 0 Å². The lowest BCUT2D eigenvalue weighted by atomic mass is 10.0. The molecule has 25 heavy (non-hydrogen) atoms. The van der Waals surface area contributed by atoms with Crippen LogP contribution in [0.1, 0.15) is 30.9 Å². The van der Waals surface area contributed by atoms with Crippen molar-refractivity contribution in [1.29, 1.82) is 0 Å². The third-order valence-electron chi connectivity index (χ3n) is 3.65. The predicted molar refractivity (Wildman–Crippen MR) is 100 cm³/mol. The molecule has 0 aliphatic heterocycles. The minimum Gasteiger partial charge on any atom is -0.425 e. The van der Waals surface area contributed by atoms with Crippen molar-refractivity contribution in [3.8, 4) is 5.75 Å². The summed E-state index contributed by atoms with van der Waals surface area (Å²) in [5.74, 6) is -0.136. The Hall–Kier alpha value is -1.41. The van der Waals surface area contributed by atoms with Crippen molar-refractivity contribution in [2.75, 3.05) is 13.6 Å². The second-order valence-electron chi connectivity index (χ2n) is 5.96. The van der Waals surface area contributed by atoms with Crippen LogP contribution < -0.4 is 4.74 Å². The topological polar surface area (TPSA) is 63.7 Å². The number of carbonyl (C=O) groups excluding carboxylic acids is 1. The Labute approximate surface area is 157 Å². The molecule has 0 aliphatic carbocycles. The summed E-state index contributed by atoms with van der Waals surface area (Å²) in [5, 5.41) is 2.27. The fraction of sp³-hybridized carbons (Fsp3) is 0.353. The molecule has 0 spiro atoms. The first-order valence-electron chi connectivity index (χ1n) is 7.63. The highest BCUT2D eigenvalue weighted by Crippen LogP contribution is 2.32. The van der Waals surface area contributed by atoms with Crippen molar-refractivity contribution in [2.45, 2.75) is 30.9 Å². The van der Waals surface area contributed by atoms with E-state index in [0.717, 1.165) is 26.8 Å². The molecule has 0 saturated carbocycles. The molecule has 0 radical (unpaired) electrons. The average molecular weight is 402 g/mol. The highest BCUT2D eigenvalue weighted by atomic mass is 35.5. The van der Waals surface area contributed by atoms with Gasteiger partial charge in [0.2, 0.25) is 0 Å². The lowest BCUT2D eigenvalue weighted by Gasteiger charge is -2.18. The van der Waals surface area contributed by atoms with Crippen LogP contribution in [-0.2, 0) is 14.8 Å². The van der Waals surface area contributed by atoms with Gasteiger partial charge in [-0.05, 0) is 47.5 Å². The zero-order valence-electron chi connectivity index (χ0n) is 14.4. The number of benzene rings is 1. The molecule has 0 N–H and O–H groups in total. The van der Waals surface area contributed by atoms with E-state index in [1.807, 2.05) is 20.8 Å². The Morgan fingerprint density at radius 3 is 2.60 bits per heavy atom. The van der Waals surface area contributed by atoms with Crippen molar-refractivity contribution < 1.29 is 17.9 Å². The summed E-state index contributed by atoms with van der Waals surface area (Å²) in [4.78, 5) is 12.3. The van der Waals surface area contributed by atoms with E-state index in [2.05, 4.69) is 0 Å². The van der Waals surface area contributed by atoms with Crippen LogP contribution in [0, 0.1) is 6.92 Å². The predicted octanol–water partition coefficient (Wildman–Crippen LogP) is 4.06. The molecule has 136 valence electrons. The molecule has 1 heterocycles. The van der Waals surface area contributed by atoms with Gasteiger partial charge in [0.15, 0.2) is 0 Å². The highest BCUT2D eigenvalue weighted by Gasteiger charge is 2.25. The second kappa shape index (κ2) is 7.86. The van der Waals surface area contributed by atoms with Crippen molar-refractivity contribution in [3.63, 3.8) is 0 Å². The maximum absolute atomic E-state index is 12.4. The molecule has 1 aromatic heterocycles. The maximum atomic E-state index is 12.4. The molecule has 8 heteroatoms. The highest BCUT2D eigenvalue weighted by molar-refractivity contribution is 7.91. The number of hydrogen-bond acceptors (Lipinski definition) is 5. The standard InChI is InChI=1S/C17H20ClNO4S2/c1-11(2)13-9-14(18)12(3)8-15(13)23-16(20)10-19(4)25(21,22)17-6-5-7-24-17/h5-9,11H,10H2,1-4H3. The number of aryl methyl sites for hydroxylation is 1. The Morgan fingerprint density at radius 2 is 2.04 bits per heavy atom. The summed E-state index contributed by atoms with van der Waals surface area (Å²) in [6.45, 7) is 5.37. The zero-order valence-corrected chi connectivity index (χ0v) is 16.8. The fourth-order valence-corrected chi connectivity index (χ4v) is 4.68. The number of rotatable bonds is 6. The molecule has 0 aliphatic rings. The van der Waals surface area contributed by atoms with E-state index in [-0.39, 0.29) is 16.7 Å². The first-order valence-corrected chi connectivity index (χ1v) is 10.3. The quantitative estimate of drug-likeness (QED) is 0.540. The number of hydrogen-bond donors (Lipinski definition) is 0. The smallest absolute Gasteiger partial charge is 0.326 e. The van der Waals surface area contributed by atoms with Gasteiger partial charge in [-0.2, -0.15) is 4.31 Å². The van der Waals surface area contributed by atoms with Crippen LogP contribution in [0.4, 0.5) is 0 Å². The van der Waals surface area contributed by atoms with Crippen LogP contribution in [0.25, 0.3) is 0 Å². The van der Waals surface area contributed by atoms with Gasteiger partial charge in [0.05, 0.1) is 0 Å². The van der Waals surface area contributed by atoms with Crippen molar-refractivity contribution in [3.05, 3.63) is 45.8 Å². The van der Waals surface area contributed by atoms with Gasteiger partial charge >= 0.3 is 5.97 Å². The van der Waals surface area contributed by atoms with Gasteiger partial charge in [-0.1, -0.05) is 31.5 Å². The summed E-state index contributed by atoms with van der Waals surface area (Å²) in [6.07, 6.45) is 0. The molecule has 0 fully saturated rings. The normalized spacial score (nSPS) is 12.0. The molecule has 0 bridgehead atoms. The number of sulfonamides is 1. The third-order valence-corrected chi connectivity index (χ3v) is 7.23. The van der Waals surface area contributed by atoms with E-state index in [1.54, 1.807) is 23.6 Å². The molecule has 2 rings (SSSR count). The van der Waals surface area contributed by atoms with Gasteiger partial charge in [-0.15, -0.1) is 11.3 Å². The third kappa shape index (κ3) is 4.61. The fourth-order valence-electron chi connectivity index (χ4n) is 2.20. The van der Waals surface area contributed by atoms with Gasteiger partial charge in [0.1, 0.15) is 16.5 Å².